The predicted molar refractivity (Wildman–Crippen MR) is 101 cm³/mol. The summed E-state index contributed by atoms with van der Waals surface area (Å²) < 4.78 is 5.80. The Morgan fingerprint density at radius 2 is 2.00 bits per heavy atom. The lowest BCUT2D eigenvalue weighted by molar-refractivity contribution is 0.101. The number of Topliss-reactive ketones (excluding diaryl/α,β-unsaturated/α-hetero) is 1. The molecule has 1 aliphatic heterocycles. The number of rotatable bonds is 7. The monoisotopic (exact) mass is 337 g/mol. The van der Waals surface area contributed by atoms with Crippen molar-refractivity contribution in [2.75, 3.05) is 13.2 Å². The van der Waals surface area contributed by atoms with Crippen LogP contribution in [0.25, 0.3) is 0 Å². The minimum atomic E-state index is 0.103. The van der Waals surface area contributed by atoms with Crippen molar-refractivity contribution in [2.45, 2.75) is 45.7 Å². The second-order valence-corrected chi connectivity index (χ2v) is 6.77. The lowest BCUT2D eigenvalue weighted by Crippen LogP contribution is -2.30. The standard InChI is InChI=1S/C22H27NO2/c1-3-25-22-12-11-19(17(2)24)15-20(22)16-23-13-7-10-21(23)14-18-8-5-4-6-9-18/h4-6,8-9,11-12,15,21H,3,7,10,13-14,16H2,1-2H3. The minimum absolute atomic E-state index is 0.103. The van der Waals surface area contributed by atoms with Crippen LogP contribution in [0.3, 0.4) is 0 Å². The summed E-state index contributed by atoms with van der Waals surface area (Å²) in [5.41, 5.74) is 3.27. The highest BCUT2D eigenvalue weighted by Gasteiger charge is 2.25. The molecule has 1 fully saturated rings. The Morgan fingerprint density at radius 1 is 1.20 bits per heavy atom. The Balaban J connectivity index is 1.77. The van der Waals surface area contributed by atoms with E-state index in [0.29, 0.717) is 12.6 Å². The van der Waals surface area contributed by atoms with Crippen molar-refractivity contribution in [3.63, 3.8) is 0 Å². The third kappa shape index (κ3) is 4.49. The van der Waals surface area contributed by atoms with Crippen LogP contribution in [0.5, 0.6) is 5.75 Å². The summed E-state index contributed by atoms with van der Waals surface area (Å²) in [5, 5.41) is 0. The molecule has 25 heavy (non-hydrogen) atoms. The van der Waals surface area contributed by atoms with Crippen LogP contribution in [0.1, 0.15) is 48.2 Å². The molecule has 0 radical (unpaired) electrons. The van der Waals surface area contributed by atoms with E-state index in [9.17, 15) is 4.79 Å². The molecule has 3 rings (SSSR count). The number of carbonyl (C=O) groups excluding carboxylic acids is 1. The van der Waals surface area contributed by atoms with E-state index in [2.05, 4.69) is 35.2 Å². The Bertz CT molecular complexity index is 711. The molecule has 1 atom stereocenters. The second-order valence-electron chi connectivity index (χ2n) is 6.77. The van der Waals surface area contributed by atoms with E-state index in [0.717, 1.165) is 36.4 Å². The van der Waals surface area contributed by atoms with E-state index in [4.69, 9.17) is 4.74 Å². The number of benzene rings is 2. The van der Waals surface area contributed by atoms with Crippen LogP contribution in [0.2, 0.25) is 0 Å². The average molecular weight is 337 g/mol. The number of ketones is 1. The van der Waals surface area contributed by atoms with E-state index in [1.165, 1.54) is 18.4 Å². The maximum absolute atomic E-state index is 11.8. The van der Waals surface area contributed by atoms with Crippen molar-refractivity contribution >= 4 is 5.78 Å². The molecule has 0 bridgehead atoms. The summed E-state index contributed by atoms with van der Waals surface area (Å²) in [6, 6.07) is 17.1. The number of hydrogen-bond donors (Lipinski definition) is 0. The highest BCUT2D eigenvalue weighted by Crippen LogP contribution is 2.28. The Labute approximate surface area is 150 Å². The Morgan fingerprint density at radius 3 is 2.72 bits per heavy atom. The van der Waals surface area contributed by atoms with Crippen LogP contribution in [0, 0.1) is 0 Å². The van der Waals surface area contributed by atoms with Gasteiger partial charge >= 0.3 is 0 Å². The van der Waals surface area contributed by atoms with Crippen molar-refractivity contribution in [1.29, 1.82) is 0 Å². The van der Waals surface area contributed by atoms with Gasteiger partial charge in [0.25, 0.3) is 0 Å². The number of carbonyl (C=O) groups is 1. The normalized spacial score (nSPS) is 17.6. The molecule has 0 N–H and O–H groups in total. The van der Waals surface area contributed by atoms with E-state index in [-0.39, 0.29) is 5.78 Å². The van der Waals surface area contributed by atoms with E-state index in [1.54, 1.807) is 6.92 Å². The lowest BCUT2D eigenvalue weighted by Gasteiger charge is -2.26. The molecule has 1 aliphatic rings. The van der Waals surface area contributed by atoms with Crippen LogP contribution in [-0.4, -0.2) is 29.9 Å². The first-order valence-electron chi connectivity index (χ1n) is 9.22. The molecular weight excluding hydrogens is 310 g/mol. The van der Waals surface area contributed by atoms with Crippen LogP contribution < -0.4 is 4.74 Å². The summed E-state index contributed by atoms with van der Waals surface area (Å²) in [6.45, 7) is 6.20. The van der Waals surface area contributed by atoms with E-state index < -0.39 is 0 Å². The van der Waals surface area contributed by atoms with Crippen molar-refractivity contribution in [3.05, 3.63) is 65.2 Å². The molecular formula is C22H27NO2. The highest BCUT2D eigenvalue weighted by molar-refractivity contribution is 5.94. The van der Waals surface area contributed by atoms with Crippen LogP contribution >= 0.6 is 0 Å². The number of hydrogen-bond acceptors (Lipinski definition) is 3. The zero-order chi connectivity index (χ0) is 17.6. The van der Waals surface area contributed by atoms with Crippen LogP contribution in [0.4, 0.5) is 0 Å². The molecule has 1 heterocycles. The number of ether oxygens (including phenoxy) is 1. The fourth-order valence-electron chi connectivity index (χ4n) is 3.66. The molecule has 132 valence electrons. The SMILES string of the molecule is CCOc1ccc(C(C)=O)cc1CN1CCCC1Cc1ccccc1. The number of likely N-dealkylation sites (tertiary alicyclic amines) is 1. The molecule has 1 saturated heterocycles. The van der Waals surface area contributed by atoms with Crippen molar-refractivity contribution in [3.8, 4) is 5.75 Å². The van der Waals surface area contributed by atoms with Gasteiger partial charge in [0.2, 0.25) is 0 Å². The van der Waals surface area contributed by atoms with Gasteiger partial charge in [-0.15, -0.1) is 0 Å². The third-order valence-electron chi connectivity index (χ3n) is 4.95. The first kappa shape index (κ1) is 17.7. The molecule has 0 amide bonds. The van der Waals surface area contributed by atoms with Gasteiger partial charge in [-0.2, -0.15) is 0 Å². The zero-order valence-corrected chi connectivity index (χ0v) is 15.2. The molecule has 2 aromatic carbocycles. The van der Waals surface area contributed by atoms with Crippen LogP contribution in [-0.2, 0) is 13.0 Å². The summed E-state index contributed by atoms with van der Waals surface area (Å²) in [5.74, 6) is 1.00. The summed E-state index contributed by atoms with van der Waals surface area (Å²) in [4.78, 5) is 14.3. The maximum atomic E-state index is 11.8. The smallest absolute Gasteiger partial charge is 0.159 e. The Hall–Kier alpha value is -2.13. The summed E-state index contributed by atoms with van der Waals surface area (Å²) in [6.07, 6.45) is 3.54. The van der Waals surface area contributed by atoms with E-state index in [1.807, 2.05) is 25.1 Å². The fourth-order valence-corrected chi connectivity index (χ4v) is 3.66. The van der Waals surface area contributed by atoms with Gasteiger partial charge in [-0.05, 0) is 63.4 Å². The summed E-state index contributed by atoms with van der Waals surface area (Å²) >= 11 is 0. The van der Waals surface area contributed by atoms with Gasteiger partial charge < -0.3 is 4.74 Å². The second kappa shape index (κ2) is 8.30. The molecule has 3 heteroatoms. The maximum Gasteiger partial charge on any atom is 0.159 e. The number of nitrogens with zero attached hydrogens (tertiary/aromatic N) is 1. The predicted octanol–water partition coefficient (Wildman–Crippen LogP) is 4.50. The van der Waals surface area contributed by atoms with Crippen molar-refractivity contribution in [1.82, 2.24) is 4.90 Å². The molecule has 0 saturated carbocycles. The lowest BCUT2D eigenvalue weighted by atomic mass is 10.0. The third-order valence-corrected chi connectivity index (χ3v) is 4.95. The molecule has 3 nitrogen and oxygen atoms in total. The molecule has 1 unspecified atom stereocenters. The van der Waals surface area contributed by atoms with Gasteiger partial charge in [0.1, 0.15) is 5.75 Å². The van der Waals surface area contributed by atoms with Gasteiger partial charge in [0.05, 0.1) is 6.61 Å². The van der Waals surface area contributed by atoms with Crippen molar-refractivity contribution in [2.24, 2.45) is 0 Å². The van der Waals surface area contributed by atoms with Crippen LogP contribution in [0.15, 0.2) is 48.5 Å². The molecule has 0 aliphatic carbocycles. The minimum Gasteiger partial charge on any atom is -0.494 e. The molecule has 0 aromatic heterocycles. The fraction of sp³-hybridized carbons (Fsp3) is 0.409. The zero-order valence-electron chi connectivity index (χ0n) is 15.2. The van der Waals surface area contributed by atoms with Crippen molar-refractivity contribution < 1.29 is 9.53 Å². The quantitative estimate of drug-likeness (QED) is 0.697. The highest BCUT2D eigenvalue weighted by atomic mass is 16.5. The van der Waals surface area contributed by atoms with E-state index >= 15 is 0 Å². The summed E-state index contributed by atoms with van der Waals surface area (Å²) in [7, 11) is 0. The average Bonchev–Trinajstić information content (AvgIpc) is 3.04. The van der Waals surface area contributed by atoms with Gasteiger partial charge in [0.15, 0.2) is 5.78 Å². The molecule has 0 spiro atoms. The first-order chi connectivity index (χ1) is 12.2. The Kier molecular flexibility index (Phi) is 5.87. The topological polar surface area (TPSA) is 29.5 Å². The first-order valence-corrected chi connectivity index (χ1v) is 9.22. The van der Waals surface area contributed by atoms with Gasteiger partial charge in [-0.1, -0.05) is 30.3 Å². The molecule has 2 aromatic rings. The van der Waals surface area contributed by atoms with Gasteiger partial charge in [-0.25, -0.2) is 0 Å². The van der Waals surface area contributed by atoms with Gasteiger partial charge in [0, 0.05) is 23.7 Å². The van der Waals surface area contributed by atoms with Gasteiger partial charge in [-0.3, -0.25) is 9.69 Å². The largest absolute Gasteiger partial charge is 0.494 e.